The number of aromatic nitrogens is 1. The van der Waals surface area contributed by atoms with Gasteiger partial charge in [-0.3, -0.25) is 4.98 Å². The number of nitrogens with zero attached hydrogens (tertiary/aromatic N) is 1. The number of hydrogen-bond acceptors (Lipinski definition) is 4. The van der Waals surface area contributed by atoms with Gasteiger partial charge in [-0.1, -0.05) is 6.07 Å². The van der Waals surface area contributed by atoms with Gasteiger partial charge in [0, 0.05) is 25.9 Å². The highest BCUT2D eigenvalue weighted by Gasteiger charge is 2.04. The lowest BCUT2D eigenvalue weighted by Gasteiger charge is -2.12. The quantitative estimate of drug-likeness (QED) is 0.722. The Morgan fingerprint density at radius 3 is 3.06 bits per heavy atom. The van der Waals surface area contributed by atoms with Crippen LogP contribution in [0.15, 0.2) is 18.3 Å². The van der Waals surface area contributed by atoms with E-state index in [0.717, 1.165) is 11.3 Å². The molecule has 0 bridgehead atoms. The van der Waals surface area contributed by atoms with Crippen LogP contribution in [0.5, 0.6) is 0 Å². The summed E-state index contributed by atoms with van der Waals surface area (Å²) in [6, 6.07) is 3.95. The van der Waals surface area contributed by atoms with Crippen LogP contribution in [0, 0.1) is 6.92 Å². The SMILES string of the molecule is CCOCC(O)CNCc1ncccc1C. The van der Waals surface area contributed by atoms with E-state index in [-0.39, 0.29) is 0 Å². The fourth-order valence-electron chi connectivity index (χ4n) is 1.37. The molecule has 1 aromatic heterocycles. The predicted octanol–water partition coefficient (Wildman–Crippen LogP) is 0.877. The van der Waals surface area contributed by atoms with Crippen LogP contribution in [0.25, 0.3) is 0 Å². The summed E-state index contributed by atoms with van der Waals surface area (Å²) in [5.41, 5.74) is 2.18. The molecule has 0 aliphatic heterocycles. The first-order valence-electron chi connectivity index (χ1n) is 5.61. The largest absolute Gasteiger partial charge is 0.389 e. The van der Waals surface area contributed by atoms with E-state index in [1.165, 1.54) is 0 Å². The molecule has 0 saturated carbocycles. The van der Waals surface area contributed by atoms with Crippen molar-refractivity contribution in [1.82, 2.24) is 10.3 Å². The lowest BCUT2D eigenvalue weighted by atomic mass is 10.2. The number of aliphatic hydroxyl groups excluding tert-OH is 1. The Labute approximate surface area is 96.7 Å². The normalized spacial score (nSPS) is 12.7. The molecule has 1 heterocycles. The van der Waals surface area contributed by atoms with E-state index in [1.807, 2.05) is 26.0 Å². The molecule has 2 N–H and O–H groups in total. The smallest absolute Gasteiger partial charge is 0.0897 e. The minimum absolute atomic E-state index is 0.380. The van der Waals surface area contributed by atoms with Gasteiger partial charge in [-0.25, -0.2) is 0 Å². The second kappa shape index (κ2) is 7.33. The highest BCUT2D eigenvalue weighted by molar-refractivity contribution is 5.17. The zero-order chi connectivity index (χ0) is 11.8. The third kappa shape index (κ3) is 4.70. The van der Waals surface area contributed by atoms with E-state index in [0.29, 0.717) is 26.3 Å². The Bertz CT molecular complexity index is 305. The molecular formula is C12H20N2O2. The molecule has 1 aromatic rings. The number of aliphatic hydroxyl groups is 1. The van der Waals surface area contributed by atoms with Gasteiger partial charge < -0.3 is 15.2 Å². The van der Waals surface area contributed by atoms with Gasteiger partial charge in [-0.05, 0) is 25.5 Å². The van der Waals surface area contributed by atoms with Crippen molar-refractivity contribution < 1.29 is 9.84 Å². The van der Waals surface area contributed by atoms with Crippen molar-refractivity contribution in [3.8, 4) is 0 Å². The summed E-state index contributed by atoms with van der Waals surface area (Å²) in [6.45, 7) is 6.16. The lowest BCUT2D eigenvalue weighted by molar-refractivity contribution is 0.0427. The molecule has 0 spiro atoms. The molecule has 1 rings (SSSR count). The maximum Gasteiger partial charge on any atom is 0.0897 e. The van der Waals surface area contributed by atoms with Crippen LogP contribution in [0.4, 0.5) is 0 Å². The van der Waals surface area contributed by atoms with E-state index in [1.54, 1.807) is 6.20 Å². The summed E-state index contributed by atoms with van der Waals surface area (Å²) in [6.07, 6.45) is 1.32. The molecule has 0 aliphatic rings. The third-order valence-corrected chi connectivity index (χ3v) is 2.30. The highest BCUT2D eigenvalue weighted by Crippen LogP contribution is 2.01. The molecule has 0 saturated heterocycles. The standard InChI is InChI=1S/C12H20N2O2/c1-3-16-9-11(15)7-13-8-12-10(2)5-4-6-14-12/h4-6,11,13,15H,3,7-9H2,1-2H3. The minimum atomic E-state index is -0.455. The number of aryl methyl sites for hydroxylation is 1. The lowest BCUT2D eigenvalue weighted by Crippen LogP contribution is -2.30. The Hall–Kier alpha value is -0.970. The summed E-state index contributed by atoms with van der Waals surface area (Å²) >= 11 is 0. The van der Waals surface area contributed by atoms with Gasteiger partial charge in [0.25, 0.3) is 0 Å². The van der Waals surface area contributed by atoms with E-state index < -0.39 is 6.10 Å². The summed E-state index contributed by atoms with van der Waals surface area (Å²) in [5, 5.41) is 12.7. The van der Waals surface area contributed by atoms with Crippen LogP contribution in [-0.2, 0) is 11.3 Å². The molecule has 0 radical (unpaired) electrons. The van der Waals surface area contributed by atoms with Gasteiger partial charge >= 0.3 is 0 Å². The maximum absolute atomic E-state index is 9.52. The average Bonchev–Trinajstić information content (AvgIpc) is 2.29. The van der Waals surface area contributed by atoms with Gasteiger partial charge in [0.1, 0.15) is 0 Å². The highest BCUT2D eigenvalue weighted by atomic mass is 16.5. The number of pyridine rings is 1. The second-order valence-corrected chi connectivity index (χ2v) is 3.71. The summed E-state index contributed by atoms with van der Waals surface area (Å²) in [7, 11) is 0. The molecule has 90 valence electrons. The van der Waals surface area contributed by atoms with Crippen molar-refractivity contribution in [3.05, 3.63) is 29.6 Å². The molecule has 0 aromatic carbocycles. The number of ether oxygens (including phenoxy) is 1. The molecule has 4 heteroatoms. The zero-order valence-electron chi connectivity index (χ0n) is 9.94. The van der Waals surface area contributed by atoms with E-state index in [2.05, 4.69) is 10.3 Å². The van der Waals surface area contributed by atoms with Gasteiger partial charge in [0.2, 0.25) is 0 Å². The average molecular weight is 224 g/mol. The van der Waals surface area contributed by atoms with E-state index in [9.17, 15) is 5.11 Å². The molecule has 1 unspecified atom stereocenters. The first-order valence-corrected chi connectivity index (χ1v) is 5.61. The molecule has 1 atom stereocenters. The van der Waals surface area contributed by atoms with Crippen LogP contribution in [-0.4, -0.2) is 36.0 Å². The van der Waals surface area contributed by atoms with E-state index >= 15 is 0 Å². The first kappa shape index (κ1) is 13.1. The maximum atomic E-state index is 9.52. The van der Waals surface area contributed by atoms with Crippen molar-refractivity contribution in [2.45, 2.75) is 26.5 Å². The van der Waals surface area contributed by atoms with Gasteiger partial charge in [-0.15, -0.1) is 0 Å². The van der Waals surface area contributed by atoms with Crippen LogP contribution < -0.4 is 5.32 Å². The molecule has 0 fully saturated rings. The number of hydrogen-bond donors (Lipinski definition) is 2. The fraction of sp³-hybridized carbons (Fsp3) is 0.583. The third-order valence-electron chi connectivity index (χ3n) is 2.30. The summed E-state index contributed by atoms with van der Waals surface area (Å²) in [5.74, 6) is 0. The van der Waals surface area contributed by atoms with Crippen molar-refractivity contribution in [3.63, 3.8) is 0 Å². The minimum Gasteiger partial charge on any atom is -0.389 e. The first-order chi connectivity index (χ1) is 7.74. The Balaban J connectivity index is 2.23. The van der Waals surface area contributed by atoms with Crippen molar-refractivity contribution >= 4 is 0 Å². The number of rotatable bonds is 7. The van der Waals surface area contributed by atoms with Gasteiger partial charge in [-0.2, -0.15) is 0 Å². The predicted molar refractivity (Wildman–Crippen MR) is 63.2 cm³/mol. The fourth-order valence-corrected chi connectivity index (χ4v) is 1.37. The van der Waals surface area contributed by atoms with Crippen molar-refractivity contribution in [2.75, 3.05) is 19.8 Å². The second-order valence-electron chi connectivity index (χ2n) is 3.71. The Kier molecular flexibility index (Phi) is 6.00. The molecule has 16 heavy (non-hydrogen) atoms. The summed E-state index contributed by atoms with van der Waals surface area (Å²) in [4.78, 5) is 4.26. The molecule has 0 amide bonds. The van der Waals surface area contributed by atoms with Crippen LogP contribution in [0.2, 0.25) is 0 Å². The summed E-state index contributed by atoms with van der Waals surface area (Å²) < 4.78 is 5.12. The monoisotopic (exact) mass is 224 g/mol. The van der Waals surface area contributed by atoms with Gasteiger partial charge in [0.05, 0.1) is 18.4 Å². The zero-order valence-corrected chi connectivity index (χ0v) is 9.94. The topological polar surface area (TPSA) is 54.4 Å². The van der Waals surface area contributed by atoms with Gasteiger partial charge in [0.15, 0.2) is 0 Å². The van der Waals surface area contributed by atoms with Crippen LogP contribution >= 0.6 is 0 Å². The Morgan fingerprint density at radius 1 is 1.56 bits per heavy atom. The number of nitrogens with one attached hydrogen (secondary N) is 1. The Morgan fingerprint density at radius 2 is 2.38 bits per heavy atom. The van der Waals surface area contributed by atoms with Crippen molar-refractivity contribution in [2.24, 2.45) is 0 Å². The molecular weight excluding hydrogens is 204 g/mol. The van der Waals surface area contributed by atoms with Crippen LogP contribution in [0.1, 0.15) is 18.2 Å². The molecule has 4 nitrogen and oxygen atoms in total. The van der Waals surface area contributed by atoms with Crippen LogP contribution in [0.3, 0.4) is 0 Å². The van der Waals surface area contributed by atoms with Crippen molar-refractivity contribution in [1.29, 1.82) is 0 Å². The molecule has 0 aliphatic carbocycles. The van der Waals surface area contributed by atoms with E-state index in [4.69, 9.17) is 4.74 Å².